The fraction of sp³-hybridized carbons (Fsp3) is 0.700. The van der Waals surface area contributed by atoms with Crippen LogP contribution in [0.3, 0.4) is 0 Å². The van der Waals surface area contributed by atoms with Gasteiger partial charge in [-0.05, 0) is 24.4 Å². The van der Waals surface area contributed by atoms with Crippen LogP contribution in [0, 0.1) is 0 Å². The Hall–Kier alpha value is -1.14. The summed E-state index contributed by atoms with van der Waals surface area (Å²) in [7, 11) is 1.45. The lowest BCUT2D eigenvalue weighted by molar-refractivity contribution is 0.0455. The zero-order valence-corrected chi connectivity index (χ0v) is 11.0. The summed E-state index contributed by atoms with van der Waals surface area (Å²) in [5, 5.41) is 13.1. The molecule has 0 aliphatic rings. The van der Waals surface area contributed by atoms with Crippen LogP contribution in [0.2, 0.25) is 5.28 Å². The van der Waals surface area contributed by atoms with E-state index in [4.69, 9.17) is 16.3 Å². The second kappa shape index (κ2) is 5.97. The molecule has 0 saturated heterocycles. The number of ether oxygens (including phenoxy) is 1. The number of methoxy groups -OCH3 is 1. The molecule has 6 nitrogen and oxygen atoms in total. The predicted molar refractivity (Wildman–Crippen MR) is 65.4 cm³/mol. The van der Waals surface area contributed by atoms with Gasteiger partial charge in [-0.2, -0.15) is 15.0 Å². The largest absolute Gasteiger partial charge is 0.467 e. The van der Waals surface area contributed by atoms with Crippen molar-refractivity contribution in [2.75, 3.05) is 19.0 Å². The number of aromatic nitrogens is 3. The van der Waals surface area contributed by atoms with E-state index in [0.717, 1.165) is 0 Å². The molecule has 7 heteroatoms. The smallest absolute Gasteiger partial charge is 0.322 e. The lowest BCUT2D eigenvalue weighted by Gasteiger charge is -2.25. The Morgan fingerprint density at radius 1 is 1.29 bits per heavy atom. The van der Waals surface area contributed by atoms with Crippen LogP contribution in [0.25, 0.3) is 0 Å². The van der Waals surface area contributed by atoms with Crippen LogP contribution < -0.4 is 10.1 Å². The average Bonchev–Trinajstić information content (AvgIpc) is 2.35. The highest BCUT2D eigenvalue weighted by Gasteiger charge is 2.22. The Morgan fingerprint density at radius 3 is 2.47 bits per heavy atom. The number of anilines is 1. The van der Waals surface area contributed by atoms with Crippen LogP contribution >= 0.6 is 11.6 Å². The minimum absolute atomic E-state index is 0.0517. The number of aliphatic hydroxyl groups is 1. The Bertz CT molecular complexity index is 371. The molecular weight excluding hydrogens is 244 g/mol. The molecule has 2 N–H and O–H groups in total. The second-order valence-corrected chi connectivity index (χ2v) is 4.04. The molecule has 1 aromatic rings. The summed E-state index contributed by atoms with van der Waals surface area (Å²) in [5.74, 6) is 0.294. The molecule has 0 atom stereocenters. The monoisotopic (exact) mass is 260 g/mol. The molecule has 0 fully saturated rings. The van der Waals surface area contributed by atoms with Gasteiger partial charge in [0.15, 0.2) is 0 Å². The van der Waals surface area contributed by atoms with Crippen molar-refractivity contribution in [2.45, 2.75) is 32.3 Å². The van der Waals surface area contributed by atoms with Crippen LogP contribution in [0.1, 0.15) is 26.7 Å². The van der Waals surface area contributed by atoms with Crippen LogP contribution in [-0.4, -0.2) is 39.3 Å². The van der Waals surface area contributed by atoms with Crippen molar-refractivity contribution in [1.82, 2.24) is 15.0 Å². The number of hydrogen-bond acceptors (Lipinski definition) is 6. The van der Waals surface area contributed by atoms with Gasteiger partial charge in [-0.25, -0.2) is 0 Å². The third-order valence-electron chi connectivity index (χ3n) is 2.66. The third-order valence-corrected chi connectivity index (χ3v) is 2.83. The average molecular weight is 261 g/mol. The summed E-state index contributed by atoms with van der Waals surface area (Å²) in [5.41, 5.74) is -0.771. The summed E-state index contributed by atoms with van der Waals surface area (Å²) in [6, 6.07) is 0.143. The van der Waals surface area contributed by atoms with Crippen molar-refractivity contribution in [2.24, 2.45) is 0 Å². The zero-order valence-electron chi connectivity index (χ0n) is 10.2. The number of nitrogens with zero attached hydrogens (tertiary/aromatic N) is 3. The summed E-state index contributed by atoms with van der Waals surface area (Å²) >= 11 is 5.70. The number of nitrogens with one attached hydrogen (secondary N) is 1. The zero-order chi connectivity index (χ0) is 12.9. The standard InChI is InChI=1S/C10H17ClN4O2/c1-4-10(16,5-2)6-12-8-13-7(11)14-9(15-8)17-3/h16H,4-6H2,1-3H3,(H,12,13,14,15). The molecule has 0 aromatic carbocycles. The number of halogens is 1. The summed E-state index contributed by atoms with van der Waals surface area (Å²) in [6.07, 6.45) is 1.29. The first kappa shape index (κ1) is 13.9. The first-order valence-corrected chi connectivity index (χ1v) is 5.82. The highest BCUT2D eigenvalue weighted by Crippen LogP contribution is 2.16. The molecule has 0 aliphatic carbocycles. The molecule has 17 heavy (non-hydrogen) atoms. The minimum Gasteiger partial charge on any atom is -0.467 e. The Morgan fingerprint density at radius 2 is 1.94 bits per heavy atom. The van der Waals surface area contributed by atoms with Crippen LogP contribution in [0.15, 0.2) is 0 Å². The van der Waals surface area contributed by atoms with E-state index in [-0.39, 0.29) is 11.3 Å². The highest BCUT2D eigenvalue weighted by atomic mass is 35.5. The molecule has 0 aliphatic heterocycles. The van der Waals surface area contributed by atoms with Gasteiger partial charge in [0.25, 0.3) is 0 Å². The number of hydrogen-bond donors (Lipinski definition) is 2. The molecule has 0 unspecified atom stereocenters. The second-order valence-electron chi connectivity index (χ2n) is 3.70. The summed E-state index contributed by atoms with van der Waals surface area (Å²) in [4.78, 5) is 11.6. The van der Waals surface area contributed by atoms with E-state index in [1.807, 2.05) is 13.8 Å². The van der Waals surface area contributed by atoms with Crippen molar-refractivity contribution in [3.63, 3.8) is 0 Å². The topological polar surface area (TPSA) is 80.2 Å². The van der Waals surface area contributed by atoms with Crippen molar-refractivity contribution in [3.8, 4) is 6.01 Å². The van der Waals surface area contributed by atoms with Crippen molar-refractivity contribution in [1.29, 1.82) is 0 Å². The number of rotatable bonds is 6. The van der Waals surface area contributed by atoms with E-state index in [9.17, 15) is 5.11 Å². The van der Waals surface area contributed by atoms with Gasteiger partial charge in [-0.3, -0.25) is 0 Å². The molecular formula is C10H17ClN4O2. The highest BCUT2D eigenvalue weighted by molar-refractivity contribution is 6.28. The molecule has 1 heterocycles. The maximum atomic E-state index is 10.1. The van der Waals surface area contributed by atoms with E-state index in [2.05, 4.69) is 20.3 Å². The van der Waals surface area contributed by atoms with Crippen molar-refractivity contribution < 1.29 is 9.84 Å². The molecule has 1 rings (SSSR count). The SMILES string of the molecule is CCC(O)(CC)CNc1nc(Cl)nc(OC)n1. The van der Waals surface area contributed by atoms with E-state index < -0.39 is 5.60 Å². The first-order valence-electron chi connectivity index (χ1n) is 5.45. The summed E-state index contributed by atoms with van der Waals surface area (Å²) < 4.78 is 4.87. The minimum atomic E-state index is -0.771. The molecule has 96 valence electrons. The molecule has 0 spiro atoms. The normalized spacial score (nSPS) is 11.4. The van der Waals surface area contributed by atoms with Crippen LogP contribution in [0.5, 0.6) is 6.01 Å². The van der Waals surface area contributed by atoms with Crippen molar-refractivity contribution in [3.05, 3.63) is 5.28 Å². The fourth-order valence-corrected chi connectivity index (χ4v) is 1.40. The lowest BCUT2D eigenvalue weighted by atomic mass is 9.98. The van der Waals surface area contributed by atoms with Gasteiger partial charge in [0.2, 0.25) is 11.2 Å². The van der Waals surface area contributed by atoms with Gasteiger partial charge in [0.1, 0.15) is 0 Å². The first-order chi connectivity index (χ1) is 8.03. The fourth-order valence-electron chi connectivity index (χ4n) is 1.25. The lowest BCUT2D eigenvalue weighted by Crippen LogP contribution is -2.35. The predicted octanol–water partition coefficient (Wildman–Crippen LogP) is 1.50. The Labute approximate surface area is 105 Å². The molecule has 0 saturated carbocycles. The van der Waals surface area contributed by atoms with E-state index in [0.29, 0.717) is 25.3 Å². The Balaban J connectivity index is 2.72. The van der Waals surface area contributed by atoms with Gasteiger partial charge < -0.3 is 15.2 Å². The van der Waals surface area contributed by atoms with Crippen LogP contribution in [0.4, 0.5) is 5.95 Å². The van der Waals surface area contributed by atoms with Crippen LogP contribution in [-0.2, 0) is 0 Å². The Kier molecular flexibility index (Phi) is 4.89. The van der Waals surface area contributed by atoms with Crippen molar-refractivity contribution >= 4 is 17.5 Å². The maximum Gasteiger partial charge on any atom is 0.322 e. The molecule has 0 amide bonds. The molecule has 0 bridgehead atoms. The van der Waals surface area contributed by atoms with E-state index in [1.54, 1.807) is 0 Å². The quantitative estimate of drug-likeness (QED) is 0.807. The maximum absolute atomic E-state index is 10.1. The van der Waals surface area contributed by atoms with E-state index in [1.165, 1.54) is 7.11 Å². The molecule has 1 aromatic heterocycles. The van der Waals surface area contributed by atoms with Gasteiger partial charge in [0.05, 0.1) is 12.7 Å². The summed E-state index contributed by atoms with van der Waals surface area (Å²) in [6.45, 7) is 4.20. The van der Waals surface area contributed by atoms with Gasteiger partial charge in [-0.15, -0.1) is 0 Å². The van der Waals surface area contributed by atoms with Gasteiger partial charge >= 0.3 is 6.01 Å². The molecule has 0 radical (unpaired) electrons. The van der Waals surface area contributed by atoms with Gasteiger partial charge in [-0.1, -0.05) is 13.8 Å². The third kappa shape index (κ3) is 3.98. The van der Waals surface area contributed by atoms with Gasteiger partial charge in [0, 0.05) is 6.54 Å². The van der Waals surface area contributed by atoms with E-state index >= 15 is 0 Å².